The molecule has 0 unspecified atom stereocenters. The molecule has 0 aliphatic carbocycles. The van der Waals surface area contributed by atoms with Gasteiger partial charge in [0.1, 0.15) is 11.6 Å². The highest BCUT2D eigenvalue weighted by Crippen LogP contribution is 2.19. The SMILES string of the molecule is O=C(O)Cc1ccccc1Cc1ccc(F)cc1.O=C(O)c1ccccc1C(=O)c1ccc(F)cc1.O=C1OC(=O)c2ccccc21. The van der Waals surface area contributed by atoms with E-state index in [1.54, 1.807) is 48.5 Å². The minimum atomic E-state index is -1.17. The summed E-state index contributed by atoms with van der Waals surface area (Å²) in [6.45, 7) is 0. The van der Waals surface area contributed by atoms with Gasteiger partial charge in [0.15, 0.2) is 5.78 Å². The Hall–Kier alpha value is -6.29. The van der Waals surface area contributed by atoms with Crippen LogP contribution in [0.15, 0.2) is 121 Å². The third kappa shape index (κ3) is 9.11. The maximum Gasteiger partial charge on any atom is 0.346 e. The third-order valence-electron chi connectivity index (χ3n) is 6.83. The van der Waals surface area contributed by atoms with Crippen molar-refractivity contribution in [1.82, 2.24) is 0 Å². The van der Waals surface area contributed by atoms with Gasteiger partial charge < -0.3 is 14.9 Å². The molecule has 5 aromatic carbocycles. The molecule has 1 aliphatic heterocycles. The summed E-state index contributed by atoms with van der Waals surface area (Å²) in [4.78, 5) is 55.5. The molecule has 1 aliphatic rings. The Bertz CT molecular complexity index is 1900. The number of ketones is 1. The Labute approximate surface area is 267 Å². The zero-order valence-corrected chi connectivity index (χ0v) is 24.6. The molecular formula is C37H26F2O8. The highest BCUT2D eigenvalue weighted by molar-refractivity contribution is 6.15. The molecule has 0 fully saturated rings. The molecule has 5 aromatic rings. The first kappa shape index (κ1) is 33.6. The van der Waals surface area contributed by atoms with Crippen molar-refractivity contribution in [2.45, 2.75) is 12.8 Å². The lowest BCUT2D eigenvalue weighted by Gasteiger charge is -2.07. The van der Waals surface area contributed by atoms with Gasteiger partial charge in [-0.1, -0.05) is 66.7 Å². The van der Waals surface area contributed by atoms with Crippen molar-refractivity contribution >= 4 is 29.7 Å². The van der Waals surface area contributed by atoms with Crippen molar-refractivity contribution in [3.05, 3.63) is 177 Å². The number of esters is 2. The number of hydrogen-bond donors (Lipinski definition) is 2. The molecular weight excluding hydrogens is 610 g/mol. The van der Waals surface area contributed by atoms with Crippen LogP contribution in [0.4, 0.5) is 8.78 Å². The predicted molar refractivity (Wildman–Crippen MR) is 166 cm³/mol. The van der Waals surface area contributed by atoms with E-state index < -0.39 is 35.5 Å². The van der Waals surface area contributed by atoms with Crippen LogP contribution in [-0.4, -0.2) is 39.9 Å². The summed E-state index contributed by atoms with van der Waals surface area (Å²) >= 11 is 0. The number of cyclic esters (lactones) is 2. The van der Waals surface area contributed by atoms with Crippen LogP contribution in [0.1, 0.15) is 63.7 Å². The first-order chi connectivity index (χ1) is 22.5. The topological polar surface area (TPSA) is 135 Å². The Morgan fingerprint density at radius 2 is 1.04 bits per heavy atom. The summed E-state index contributed by atoms with van der Waals surface area (Å²) in [6, 6.07) is 31.1. The molecule has 0 saturated carbocycles. The minimum Gasteiger partial charge on any atom is -0.481 e. The van der Waals surface area contributed by atoms with Gasteiger partial charge in [-0.3, -0.25) is 9.59 Å². The lowest BCUT2D eigenvalue weighted by Crippen LogP contribution is -2.09. The molecule has 236 valence electrons. The number of halogens is 2. The number of aromatic carboxylic acids is 1. The van der Waals surface area contributed by atoms with Gasteiger partial charge in [-0.15, -0.1) is 0 Å². The second-order valence-electron chi connectivity index (χ2n) is 10.1. The number of aliphatic carboxylic acids is 1. The number of ether oxygens (including phenoxy) is 1. The van der Waals surface area contributed by atoms with Crippen LogP contribution >= 0.6 is 0 Å². The number of hydrogen-bond acceptors (Lipinski definition) is 6. The van der Waals surface area contributed by atoms with Gasteiger partial charge in [-0.25, -0.2) is 23.2 Å². The fourth-order valence-electron chi connectivity index (χ4n) is 4.55. The Balaban J connectivity index is 0.000000164. The maximum atomic E-state index is 12.8. The Kier molecular flexibility index (Phi) is 11.2. The van der Waals surface area contributed by atoms with E-state index >= 15 is 0 Å². The molecule has 0 bridgehead atoms. The average molecular weight is 637 g/mol. The van der Waals surface area contributed by atoms with E-state index in [-0.39, 0.29) is 28.9 Å². The molecule has 0 spiro atoms. The van der Waals surface area contributed by atoms with Gasteiger partial charge in [-0.05, 0) is 77.7 Å². The highest BCUT2D eigenvalue weighted by atomic mass is 19.1. The summed E-state index contributed by atoms with van der Waals surface area (Å²) in [5.74, 6) is -4.26. The molecule has 0 saturated heterocycles. The van der Waals surface area contributed by atoms with Crippen molar-refractivity contribution in [1.29, 1.82) is 0 Å². The lowest BCUT2D eigenvalue weighted by atomic mass is 9.98. The van der Waals surface area contributed by atoms with Crippen LogP contribution in [-0.2, 0) is 22.4 Å². The van der Waals surface area contributed by atoms with Crippen LogP contribution in [0.2, 0.25) is 0 Å². The number of benzene rings is 5. The third-order valence-corrected chi connectivity index (χ3v) is 6.83. The van der Waals surface area contributed by atoms with Crippen molar-refractivity contribution < 1.29 is 47.7 Å². The zero-order chi connectivity index (χ0) is 33.9. The average Bonchev–Trinajstić information content (AvgIpc) is 3.36. The quantitative estimate of drug-likeness (QED) is 0.113. The lowest BCUT2D eigenvalue weighted by molar-refractivity contribution is -0.136. The summed E-state index contributed by atoms with van der Waals surface area (Å²) in [5.41, 5.74) is 3.73. The van der Waals surface area contributed by atoms with Gasteiger partial charge in [-0.2, -0.15) is 0 Å². The smallest absolute Gasteiger partial charge is 0.346 e. The van der Waals surface area contributed by atoms with Crippen molar-refractivity contribution in [3.63, 3.8) is 0 Å². The van der Waals surface area contributed by atoms with Crippen LogP contribution < -0.4 is 0 Å². The van der Waals surface area contributed by atoms with Crippen LogP contribution in [0, 0.1) is 11.6 Å². The maximum absolute atomic E-state index is 12.8. The van der Waals surface area contributed by atoms with E-state index in [4.69, 9.17) is 10.2 Å². The van der Waals surface area contributed by atoms with Crippen LogP contribution in [0.25, 0.3) is 0 Å². The second kappa shape index (κ2) is 15.6. The molecule has 47 heavy (non-hydrogen) atoms. The van der Waals surface area contributed by atoms with E-state index in [9.17, 15) is 32.8 Å². The largest absolute Gasteiger partial charge is 0.481 e. The van der Waals surface area contributed by atoms with Gasteiger partial charge in [0.25, 0.3) is 0 Å². The van der Waals surface area contributed by atoms with Gasteiger partial charge in [0.05, 0.1) is 23.1 Å². The van der Waals surface area contributed by atoms with Gasteiger partial charge >= 0.3 is 23.9 Å². The van der Waals surface area contributed by atoms with Crippen LogP contribution in [0.3, 0.4) is 0 Å². The summed E-state index contributed by atoms with van der Waals surface area (Å²) in [7, 11) is 0. The summed E-state index contributed by atoms with van der Waals surface area (Å²) in [6.07, 6.45) is 0.626. The Morgan fingerprint density at radius 3 is 1.57 bits per heavy atom. The first-order valence-electron chi connectivity index (χ1n) is 14.0. The molecule has 0 aromatic heterocycles. The van der Waals surface area contributed by atoms with Crippen LogP contribution in [0.5, 0.6) is 0 Å². The molecule has 1 heterocycles. The number of fused-ring (bicyclic) bond motifs is 1. The fraction of sp³-hybridized carbons (Fsp3) is 0.0541. The number of rotatable bonds is 7. The minimum absolute atomic E-state index is 0.0113. The standard InChI is InChI=1S/C15H13FO2.C14H9FO3.C8H4O3/c16-14-7-5-11(6-8-14)9-12-3-1-2-4-13(12)10-15(17)18;15-10-7-5-9(6-8-10)13(16)11-3-1-2-4-12(11)14(17)18;9-7-5-3-1-2-4-6(5)8(10)11-7/h1-8H,9-10H2,(H,17,18);1-8H,(H,17,18);1-4H. The molecule has 10 heteroatoms. The van der Waals surface area contributed by atoms with Crippen molar-refractivity contribution in [2.24, 2.45) is 0 Å². The first-order valence-corrected chi connectivity index (χ1v) is 14.0. The van der Waals surface area contributed by atoms with Crippen molar-refractivity contribution in [3.8, 4) is 0 Å². The molecule has 6 rings (SSSR count). The van der Waals surface area contributed by atoms with Gasteiger partial charge in [0.2, 0.25) is 0 Å². The molecule has 0 atom stereocenters. The number of carboxylic acids is 2. The predicted octanol–water partition coefficient (Wildman–Crippen LogP) is 6.80. The van der Waals surface area contributed by atoms with E-state index in [1.807, 2.05) is 24.3 Å². The van der Waals surface area contributed by atoms with E-state index in [2.05, 4.69) is 4.74 Å². The highest BCUT2D eigenvalue weighted by Gasteiger charge is 2.28. The zero-order valence-electron chi connectivity index (χ0n) is 24.6. The van der Waals surface area contributed by atoms with Crippen molar-refractivity contribution in [2.75, 3.05) is 0 Å². The monoisotopic (exact) mass is 636 g/mol. The molecule has 8 nitrogen and oxygen atoms in total. The second-order valence-corrected chi connectivity index (χ2v) is 10.1. The summed E-state index contributed by atoms with van der Waals surface area (Å²) < 4.78 is 29.9. The van der Waals surface area contributed by atoms with E-state index in [0.29, 0.717) is 17.5 Å². The normalized spacial score (nSPS) is 11.2. The van der Waals surface area contributed by atoms with E-state index in [0.717, 1.165) is 28.8 Å². The Morgan fingerprint density at radius 1 is 0.574 bits per heavy atom. The molecule has 2 N–H and O–H groups in total. The van der Waals surface area contributed by atoms with Gasteiger partial charge in [0, 0.05) is 11.1 Å². The number of carbonyl (C=O) groups excluding carboxylic acids is 3. The number of carbonyl (C=O) groups is 5. The molecule has 0 amide bonds. The summed E-state index contributed by atoms with van der Waals surface area (Å²) in [5, 5.41) is 17.8. The fourth-order valence-corrected chi connectivity index (χ4v) is 4.55. The number of carboxylic acid groups (broad SMARTS) is 2. The van der Waals surface area contributed by atoms with E-state index in [1.165, 1.54) is 36.4 Å². The molecule has 0 radical (unpaired) electrons.